The van der Waals surface area contributed by atoms with Crippen LogP contribution in [0, 0.1) is 0 Å². The molecule has 0 bridgehead atoms. The van der Waals surface area contributed by atoms with Crippen LogP contribution < -0.4 is 4.74 Å². The fourth-order valence-electron chi connectivity index (χ4n) is 2.44. The maximum atomic E-state index is 5.45. The van der Waals surface area contributed by atoms with E-state index >= 15 is 0 Å². The number of nitrogens with zero attached hydrogens (tertiary/aromatic N) is 4. The maximum absolute atomic E-state index is 5.45. The Morgan fingerprint density at radius 3 is 2.90 bits per heavy atom. The van der Waals surface area contributed by atoms with Gasteiger partial charge in [0.2, 0.25) is 0 Å². The van der Waals surface area contributed by atoms with Gasteiger partial charge in [0.25, 0.3) is 0 Å². The molecule has 6 heteroatoms. The molecule has 21 heavy (non-hydrogen) atoms. The van der Waals surface area contributed by atoms with Gasteiger partial charge in [-0.25, -0.2) is 14.5 Å². The van der Waals surface area contributed by atoms with Crippen LogP contribution in [-0.2, 0) is 0 Å². The van der Waals surface area contributed by atoms with Gasteiger partial charge in [0, 0.05) is 12.0 Å². The quantitative estimate of drug-likeness (QED) is 0.683. The number of hydrogen-bond acceptors (Lipinski definition) is 4. The number of hydrogen-bond donors (Lipinski definition) is 0. The first-order valence-corrected chi connectivity index (χ1v) is 7.61. The van der Waals surface area contributed by atoms with Crippen molar-refractivity contribution in [1.82, 2.24) is 19.6 Å². The molecular weight excluding hydrogens is 332 g/mol. The van der Waals surface area contributed by atoms with E-state index in [0.29, 0.717) is 5.92 Å². The number of halogens is 1. The molecular formula is C15H13BrN4O. The second kappa shape index (κ2) is 4.80. The topological polar surface area (TPSA) is 52.3 Å². The SMILES string of the molecule is COc1cc2ncc(-c3cccc(Br)n3)n2nc1C1CC1. The molecule has 0 N–H and O–H groups in total. The van der Waals surface area contributed by atoms with Crippen LogP contribution in [0.4, 0.5) is 0 Å². The predicted octanol–water partition coefficient (Wildman–Crippen LogP) is 3.44. The average Bonchev–Trinajstić information content (AvgIpc) is 3.26. The smallest absolute Gasteiger partial charge is 0.157 e. The van der Waals surface area contributed by atoms with Gasteiger partial charge in [0.05, 0.1) is 19.0 Å². The fourth-order valence-corrected chi connectivity index (χ4v) is 2.78. The first-order valence-electron chi connectivity index (χ1n) is 6.82. The van der Waals surface area contributed by atoms with Crippen LogP contribution in [0.1, 0.15) is 24.5 Å². The monoisotopic (exact) mass is 344 g/mol. The zero-order valence-corrected chi connectivity index (χ0v) is 13.0. The first kappa shape index (κ1) is 12.8. The molecule has 0 amide bonds. The Morgan fingerprint density at radius 1 is 1.33 bits per heavy atom. The maximum Gasteiger partial charge on any atom is 0.157 e. The molecule has 0 aliphatic heterocycles. The van der Waals surface area contributed by atoms with Gasteiger partial charge < -0.3 is 4.74 Å². The largest absolute Gasteiger partial charge is 0.495 e. The Kier molecular flexibility index (Phi) is 2.92. The standard InChI is InChI=1S/C15H13BrN4O/c1-21-12-7-14-17-8-11(10-3-2-4-13(16)18-10)20(14)19-15(12)9-5-6-9/h2-4,7-9H,5-6H2,1H3. The molecule has 5 nitrogen and oxygen atoms in total. The molecule has 4 rings (SSSR count). The Labute approximate surface area is 130 Å². The third kappa shape index (κ3) is 2.19. The third-order valence-electron chi connectivity index (χ3n) is 3.65. The van der Waals surface area contributed by atoms with Crippen molar-refractivity contribution >= 4 is 21.6 Å². The molecule has 106 valence electrons. The molecule has 0 atom stereocenters. The molecule has 1 fully saturated rings. The van der Waals surface area contributed by atoms with Crippen molar-refractivity contribution in [3.05, 3.63) is 40.8 Å². The van der Waals surface area contributed by atoms with Crippen molar-refractivity contribution in [3.63, 3.8) is 0 Å². The minimum absolute atomic E-state index is 0.509. The minimum atomic E-state index is 0.509. The van der Waals surface area contributed by atoms with Gasteiger partial charge in [-0.1, -0.05) is 6.07 Å². The molecule has 1 aliphatic rings. The Hall–Kier alpha value is -1.95. The summed E-state index contributed by atoms with van der Waals surface area (Å²) in [6.45, 7) is 0. The minimum Gasteiger partial charge on any atom is -0.495 e. The number of rotatable bonds is 3. The van der Waals surface area contributed by atoms with Crippen LogP contribution in [0.25, 0.3) is 17.0 Å². The highest BCUT2D eigenvalue weighted by Crippen LogP contribution is 2.43. The normalized spacial score (nSPS) is 14.6. The lowest BCUT2D eigenvalue weighted by Gasteiger charge is -2.08. The average molecular weight is 345 g/mol. The third-order valence-corrected chi connectivity index (χ3v) is 4.09. The lowest BCUT2D eigenvalue weighted by Crippen LogP contribution is -2.02. The molecule has 3 aromatic heterocycles. The summed E-state index contributed by atoms with van der Waals surface area (Å²) in [5.74, 6) is 1.33. The zero-order valence-electron chi connectivity index (χ0n) is 11.5. The van der Waals surface area contributed by atoms with Gasteiger partial charge in [-0.15, -0.1) is 0 Å². The van der Waals surface area contributed by atoms with Crippen LogP contribution >= 0.6 is 15.9 Å². The van der Waals surface area contributed by atoms with Crippen LogP contribution in [-0.4, -0.2) is 26.7 Å². The molecule has 3 heterocycles. The highest BCUT2D eigenvalue weighted by molar-refractivity contribution is 9.10. The number of aromatic nitrogens is 4. The zero-order chi connectivity index (χ0) is 14.4. The molecule has 0 spiro atoms. The number of pyridine rings is 1. The van der Waals surface area contributed by atoms with Gasteiger partial charge in [-0.3, -0.25) is 0 Å². The molecule has 3 aromatic rings. The molecule has 1 saturated carbocycles. The van der Waals surface area contributed by atoms with E-state index in [1.54, 1.807) is 13.3 Å². The second-order valence-corrected chi connectivity index (χ2v) is 5.94. The molecule has 0 aromatic carbocycles. The van der Waals surface area contributed by atoms with E-state index < -0.39 is 0 Å². The Morgan fingerprint density at radius 2 is 2.19 bits per heavy atom. The van der Waals surface area contributed by atoms with Crippen molar-refractivity contribution < 1.29 is 4.74 Å². The molecule has 1 aliphatic carbocycles. The molecule has 0 radical (unpaired) electrons. The fraction of sp³-hybridized carbons (Fsp3) is 0.267. The van der Waals surface area contributed by atoms with Gasteiger partial charge in [-0.2, -0.15) is 5.10 Å². The van der Waals surface area contributed by atoms with E-state index in [-0.39, 0.29) is 0 Å². The van der Waals surface area contributed by atoms with Crippen LogP contribution in [0.3, 0.4) is 0 Å². The lowest BCUT2D eigenvalue weighted by molar-refractivity contribution is 0.405. The second-order valence-electron chi connectivity index (χ2n) is 5.13. The van der Waals surface area contributed by atoms with Gasteiger partial charge in [0.15, 0.2) is 5.65 Å². The van der Waals surface area contributed by atoms with E-state index in [2.05, 4.69) is 25.9 Å². The number of fused-ring (bicyclic) bond motifs is 1. The number of imidazole rings is 1. The summed E-state index contributed by atoms with van der Waals surface area (Å²) >= 11 is 3.40. The number of ether oxygens (including phenoxy) is 1. The lowest BCUT2D eigenvalue weighted by atomic mass is 10.2. The van der Waals surface area contributed by atoms with E-state index in [1.807, 2.05) is 28.8 Å². The van der Waals surface area contributed by atoms with Crippen molar-refractivity contribution in [2.45, 2.75) is 18.8 Å². The summed E-state index contributed by atoms with van der Waals surface area (Å²) in [7, 11) is 1.68. The highest BCUT2D eigenvalue weighted by atomic mass is 79.9. The summed E-state index contributed by atoms with van der Waals surface area (Å²) in [6.07, 6.45) is 4.15. The van der Waals surface area contributed by atoms with E-state index in [0.717, 1.165) is 33.1 Å². The van der Waals surface area contributed by atoms with Gasteiger partial charge in [0.1, 0.15) is 21.7 Å². The van der Waals surface area contributed by atoms with Crippen LogP contribution in [0.5, 0.6) is 5.75 Å². The van der Waals surface area contributed by atoms with Crippen molar-refractivity contribution in [2.75, 3.05) is 7.11 Å². The summed E-state index contributed by atoms with van der Waals surface area (Å²) in [4.78, 5) is 8.90. The van der Waals surface area contributed by atoms with Crippen molar-refractivity contribution in [1.29, 1.82) is 0 Å². The summed E-state index contributed by atoms with van der Waals surface area (Å²) in [5.41, 5.74) is 3.51. The summed E-state index contributed by atoms with van der Waals surface area (Å²) < 4.78 is 8.10. The van der Waals surface area contributed by atoms with Crippen molar-refractivity contribution in [3.8, 4) is 17.1 Å². The van der Waals surface area contributed by atoms with E-state index in [1.165, 1.54) is 12.8 Å². The molecule has 0 saturated heterocycles. The van der Waals surface area contributed by atoms with Gasteiger partial charge in [-0.05, 0) is 40.9 Å². The summed E-state index contributed by atoms with van der Waals surface area (Å²) in [5, 5.41) is 4.75. The predicted molar refractivity (Wildman–Crippen MR) is 82.4 cm³/mol. The first-order chi connectivity index (χ1) is 10.3. The highest BCUT2D eigenvalue weighted by Gasteiger charge is 2.29. The van der Waals surface area contributed by atoms with Crippen LogP contribution in [0.2, 0.25) is 0 Å². The van der Waals surface area contributed by atoms with Gasteiger partial charge >= 0.3 is 0 Å². The summed E-state index contributed by atoms with van der Waals surface area (Å²) in [6, 6.07) is 7.76. The number of methoxy groups -OCH3 is 1. The Balaban J connectivity index is 1.93. The van der Waals surface area contributed by atoms with E-state index in [9.17, 15) is 0 Å². The Bertz CT molecular complexity index is 826. The molecule has 0 unspecified atom stereocenters. The van der Waals surface area contributed by atoms with Crippen molar-refractivity contribution in [2.24, 2.45) is 0 Å². The van der Waals surface area contributed by atoms with E-state index in [4.69, 9.17) is 9.84 Å². The van der Waals surface area contributed by atoms with Crippen LogP contribution in [0.15, 0.2) is 35.1 Å².